The molecule has 2 N–H and O–H groups in total. The van der Waals surface area contributed by atoms with Crippen LogP contribution in [0.4, 0.5) is 16.2 Å². The number of anilines is 2. The van der Waals surface area contributed by atoms with E-state index in [1.165, 1.54) is 20.3 Å². The van der Waals surface area contributed by atoms with E-state index in [0.29, 0.717) is 28.8 Å². The molecule has 28 heavy (non-hydrogen) atoms. The van der Waals surface area contributed by atoms with Crippen molar-refractivity contribution in [3.63, 3.8) is 0 Å². The predicted octanol–water partition coefficient (Wildman–Crippen LogP) is 3.46. The van der Waals surface area contributed by atoms with E-state index < -0.39 is 12.1 Å². The molecule has 0 aliphatic carbocycles. The van der Waals surface area contributed by atoms with E-state index in [1.807, 2.05) is 24.3 Å². The zero-order valence-corrected chi connectivity index (χ0v) is 16.7. The number of hydrogen-bond donors (Lipinski definition) is 2. The average Bonchev–Trinajstić information content (AvgIpc) is 3.11. The Labute approximate surface area is 168 Å². The van der Waals surface area contributed by atoms with Crippen LogP contribution < -0.4 is 25.0 Å². The number of nitrogens with one attached hydrogen (secondary N) is 2. The van der Waals surface area contributed by atoms with E-state index in [2.05, 4.69) is 10.6 Å². The number of fused-ring (bicyclic) bond motifs is 1. The molecule has 0 unspecified atom stereocenters. The fourth-order valence-electron chi connectivity index (χ4n) is 3.18. The Hall–Kier alpha value is -2.93. The summed E-state index contributed by atoms with van der Waals surface area (Å²) in [4.78, 5) is 26.9. The maximum Gasteiger partial charge on any atom is 0.319 e. The topological polar surface area (TPSA) is 79.9 Å². The number of hydrogen-bond acceptors (Lipinski definition) is 4. The second-order valence-corrected chi connectivity index (χ2v) is 6.78. The van der Waals surface area contributed by atoms with E-state index in [4.69, 9.17) is 21.1 Å². The maximum absolute atomic E-state index is 12.8. The van der Waals surface area contributed by atoms with Crippen LogP contribution in [-0.2, 0) is 11.2 Å². The van der Waals surface area contributed by atoms with Crippen molar-refractivity contribution in [3.05, 3.63) is 47.0 Å². The van der Waals surface area contributed by atoms with Gasteiger partial charge in [-0.1, -0.05) is 29.8 Å². The summed E-state index contributed by atoms with van der Waals surface area (Å²) in [6.07, 6.45) is 0.808. The molecule has 1 heterocycles. The highest BCUT2D eigenvalue weighted by Crippen LogP contribution is 2.35. The molecule has 0 spiro atoms. The molecule has 8 heteroatoms. The Morgan fingerprint density at radius 1 is 1.14 bits per heavy atom. The van der Waals surface area contributed by atoms with Gasteiger partial charge in [0.2, 0.25) is 5.91 Å². The molecule has 0 saturated carbocycles. The average molecular weight is 404 g/mol. The fourth-order valence-corrected chi connectivity index (χ4v) is 3.42. The highest BCUT2D eigenvalue weighted by Gasteiger charge is 2.28. The van der Waals surface area contributed by atoms with Crippen LogP contribution in [0.15, 0.2) is 36.4 Å². The van der Waals surface area contributed by atoms with Gasteiger partial charge in [0.1, 0.15) is 17.5 Å². The van der Waals surface area contributed by atoms with Crippen LogP contribution in [0.5, 0.6) is 11.5 Å². The lowest BCUT2D eigenvalue weighted by Gasteiger charge is -2.22. The number of amides is 3. The molecule has 0 bridgehead atoms. The summed E-state index contributed by atoms with van der Waals surface area (Å²) >= 11 is 6.12. The molecule has 7 nitrogen and oxygen atoms in total. The molecule has 148 valence electrons. The van der Waals surface area contributed by atoms with Crippen LogP contribution in [0.2, 0.25) is 5.02 Å². The first kappa shape index (κ1) is 19.8. The number of carbonyl (C=O) groups is 2. The van der Waals surface area contributed by atoms with Crippen LogP contribution in [-0.4, -0.2) is 38.7 Å². The fraction of sp³-hybridized carbons (Fsp3) is 0.300. The first-order chi connectivity index (χ1) is 13.4. The lowest BCUT2D eigenvalue weighted by atomic mass is 10.2. The van der Waals surface area contributed by atoms with Gasteiger partial charge in [0.15, 0.2) is 0 Å². The van der Waals surface area contributed by atoms with Gasteiger partial charge < -0.3 is 25.0 Å². The summed E-state index contributed by atoms with van der Waals surface area (Å²) < 4.78 is 10.4. The van der Waals surface area contributed by atoms with E-state index in [1.54, 1.807) is 17.9 Å². The first-order valence-corrected chi connectivity index (χ1v) is 9.20. The van der Waals surface area contributed by atoms with Crippen LogP contribution in [0, 0.1) is 0 Å². The van der Waals surface area contributed by atoms with Crippen molar-refractivity contribution in [1.82, 2.24) is 5.32 Å². The summed E-state index contributed by atoms with van der Waals surface area (Å²) in [6.45, 7) is 2.26. The van der Waals surface area contributed by atoms with Gasteiger partial charge in [0.25, 0.3) is 0 Å². The molecular formula is C20H22ClN3O4. The zero-order chi connectivity index (χ0) is 20.3. The van der Waals surface area contributed by atoms with Gasteiger partial charge in [-0.3, -0.25) is 4.79 Å². The third-order valence-corrected chi connectivity index (χ3v) is 4.89. The SMILES string of the molecule is COc1cc(OC)c(NC(=O)N[C@H](C)C(=O)N2CCc3ccccc32)cc1Cl. The third kappa shape index (κ3) is 3.99. The quantitative estimate of drug-likeness (QED) is 0.801. The molecule has 0 radical (unpaired) electrons. The van der Waals surface area contributed by atoms with Crippen molar-refractivity contribution in [3.8, 4) is 11.5 Å². The van der Waals surface area contributed by atoms with Gasteiger partial charge in [-0.2, -0.15) is 0 Å². The second-order valence-electron chi connectivity index (χ2n) is 6.38. The monoisotopic (exact) mass is 403 g/mol. The minimum absolute atomic E-state index is 0.167. The third-order valence-electron chi connectivity index (χ3n) is 4.59. The van der Waals surface area contributed by atoms with Gasteiger partial charge >= 0.3 is 6.03 Å². The molecular weight excluding hydrogens is 382 g/mol. The molecule has 0 aromatic heterocycles. The van der Waals surface area contributed by atoms with Crippen LogP contribution >= 0.6 is 11.6 Å². The molecule has 1 aliphatic rings. The number of methoxy groups -OCH3 is 2. The maximum atomic E-state index is 12.8. The molecule has 2 aromatic carbocycles. The largest absolute Gasteiger partial charge is 0.495 e. The van der Waals surface area contributed by atoms with Crippen LogP contribution in [0.25, 0.3) is 0 Å². The first-order valence-electron chi connectivity index (χ1n) is 8.83. The van der Waals surface area contributed by atoms with Gasteiger partial charge in [-0.25, -0.2) is 4.79 Å². The molecule has 3 rings (SSSR count). The van der Waals surface area contributed by atoms with Crippen molar-refractivity contribution < 1.29 is 19.1 Å². The lowest BCUT2D eigenvalue weighted by Crippen LogP contribution is -2.47. The summed E-state index contributed by atoms with van der Waals surface area (Å²) in [5, 5.41) is 5.66. The summed E-state index contributed by atoms with van der Waals surface area (Å²) in [5.41, 5.74) is 2.40. The number of para-hydroxylation sites is 1. The number of benzene rings is 2. The van der Waals surface area contributed by atoms with Crippen molar-refractivity contribution >= 4 is 34.9 Å². The Bertz CT molecular complexity index is 903. The van der Waals surface area contributed by atoms with E-state index >= 15 is 0 Å². The predicted molar refractivity (Wildman–Crippen MR) is 109 cm³/mol. The summed E-state index contributed by atoms with van der Waals surface area (Å²) in [7, 11) is 2.97. The van der Waals surface area contributed by atoms with Gasteiger partial charge in [-0.05, 0) is 31.0 Å². The summed E-state index contributed by atoms with van der Waals surface area (Å²) in [5.74, 6) is 0.657. The smallest absolute Gasteiger partial charge is 0.319 e. The number of carbonyl (C=O) groups excluding carboxylic acids is 2. The number of halogens is 1. The number of rotatable bonds is 5. The van der Waals surface area contributed by atoms with Gasteiger partial charge in [0, 0.05) is 18.3 Å². The van der Waals surface area contributed by atoms with Gasteiger partial charge in [-0.15, -0.1) is 0 Å². The van der Waals surface area contributed by atoms with E-state index in [9.17, 15) is 9.59 Å². The Balaban J connectivity index is 1.67. The molecule has 3 amide bonds. The van der Waals surface area contributed by atoms with Crippen molar-refractivity contribution in [2.24, 2.45) is 0 Å². The second kappa shape index (κ2) is 8.39. The number of urea groups is 1. The van der Waals surface area contributed by atoms with E-state index in [0.717, 1.165) is 17.7 Å². The highest BCUT2D eigenvalue weighted by molar-refractivity contribution is 6.32. The molecule has 0 saturated heterocycles. The Morgan fingerprint density at radius 2 is 1.86 bits per heavy atom. The number of ether oxygens (including phenoxy) is 2. The highest BCUT2D eigenvalue weighted by atomic mass is 35.5. The van der Waals surface area contributed by atoms with E-state index in [-0.39, 0.29) is 5.91 Å². The lowest BCUT2D eigenvalue weighted by molar-refractivity contribution is -0.119. The van der Waals surface area contributed by atoms with Crippen LogP contribution in [0.1, 0.15) is 12.5 Å². The van der Waals surface area contributed by atoms with Crippen molar-refractivity contribution in [2.75, 3.05) is 31.0 Å². The normalized spacial score (nSPS) is 13.5. The van der Waals surface area contributed by atoms with Gasteiger partial charge in [0.05, 0.1) is 24.9 Å². The molecule has 0 fully saturated rings. The molecule has 1 aliphatic heterocycles. The molecule has 1 atom stereocenters. The van der Waals surface area contributed by atoms with Crippen molar-refractivity contribution in [1.29, 1.82) is 0 Å². The summed E-state index contributed by atoms with van der Waals surface area (Å²) in [6, 6.07) is 9.64. The Kier molecular flexibility index (Phi) is 5.94. The zero-order valence-electron chi connectivity index (χ0n) is 15.9. The standard InChI is InChI=1S/C20H22ClN3O4/c1-12(19(25)24-9-8-13-6-4-5-7-16(13)24)22-20(26)23-15-10-14(21)17(27-2)11-18(15)28-3/h4-7,10-12H,8-9H2,1-3H3,(H2,22,23,26)/t12-/m1/s1. The number of nitrogens with zero attached hydrogens (tertiary/aromatic N) is 1. The van der Waals surface area contributed by atoms with Crippen molar-refractivity contribution in [2.45, 2.75) is 19.4 Å². The molecule has 2 aromatic rings. The minimum atomic E-state index is -0.703. The Morgan fingerprint density at radius 3 is 2.57 bits per heavy atom. The minimum Gasteiger partial charge on any atom is -0.495 e. The van der Waals surface area contributed by atoms with Crippen LogP contribution in [0.3, 0.4) is 0 Å².